The van der Waals surface area contributed by atoms with Crippen molar-refractivity contribution in [3.05, 3.63) is 35.5 Å². The molecule has 1 heterocycles. The summed E-state index contributed by atoms with van der Waals surface area (Å²) in [5, 5.41) is 3.74. The quantitative estimate of drug-likeness (QED) is 0.729. The van der Waals surface area contributed by atoms with Gasteiger partial charge in [-0.05, 0) is 24.1 Å². The van der Waals surface area contributed by atoms with E-state index >= 15 is 0 Å². The van der Waals surface area contributed by atoms with Gasteiger partial charge in [-0.3, -0.25) is 0 Å². The Hall–Kier alpha value is -1.75. The minimum atomic E-state index is -0.196. The molecule has 0 radical (unpaired) electrons. The van der Waals surface area contributed by atoms with Crippen LogP contribution in [0.25, 0.3) is 0 Å². The number of ether oxygens (including phenoxy) is 2. The number of nitrogens with zero attached hydrogens (tertiary/aromatic N) is 2. The van der Waals surface area contributed by atoms with Gasteiger partial charge in [0.05, 0.1) is 26.0 Å². The zero-order valence-electron chi connectivity index (χ0n) is 12.4. The van der Waals surface area contributed by atoms with Crippen molar-refractivity contribution in [1.29, 1.82) is 0 Å². The average Bonchev–Trinajstić information content (AvgIpc) is 2.96. The summed E-state index contributed by atoms with van der Waals surface area (Å²) in [6, 6.07) is 5.69. The fourth-order valence-electron chi connectivity index (χ4n) is 2.01. The summed E-state index contributed by atoms with van der Waals surface area (Å²) in [5.41, 5.74) is 1.00. The maximum absolute atomic E-state index is 6.19. The molecule has 0 amide bonds. The van der Waals surface area contributed by atoms with E-state index in [-0.39, 0.29) is 5.38 Å². The number of benzene rings is 1. The molecule has 2 rings (SSSR count). The summed E-state index contributed by atoms with van der Waals surface area (Å²) in [5.74, 6) is 2.46. The molecular weight excluding hydrogens is 292 g/mol. The molecule has 114 valence electrons. The molecule has 2 aromatic rings. The molecule has 0 N–H and O–H groups in total. The van der Waals surface area contributed by atoms with Crippen LogP contribution in [-0.4, -0.2) is 24.4 Å². The van der Waals surface area contributed by atoms with Gasteiger partial charge in [-0.2, -0.15) is 4.98 Å². The predicted molar refractivity (Wildman–Crippen MR) is 80.2 cm³/mol. The van der Waals surface area contributed by atoms with E-state index in [0.717, 1.165) is 18.4 Å². The van der Waals surface area contributed by atoms with E-state index in [9.17, 15) is 0 Å². The van der Waals surface area contributed by atoms with Crippen LogP contribution >= 0.6 is 11.6 Å². The Morgan fingerprint density at radius 1 is 1.24 bits per heavy atom. The molecule has 6 heteroatoms. The van der Waals surface area contributed by atoms with Gasteiger partial charge in [-0.25, -0.2) is 0 Å². The summed E-state index contributed by atoms with van der Waals surface area (Å²) in [4.78, 5) is 4.34. The molecule has 0 fully saturated rings. The molecule has 1 aromatic carbocycles. The monoisotopic (exact) mass is 310 g/mol. The molecule has 0 bridgehead atoms. The SMILES string of the molecule is CCCC(Cl)c1noc(Cc2ccc(OC)c(OC)c2)n1. The van der Waals surface area contributed by atoms with Gasteiger partial charge in [0.2, 0.25) is 5.89 Å². The van der Waals surface area contributed by atoms with Crippen LogP contribution in [0.15, 0.2) is 22.7 Å². The molecule has 0 aliphatic carbocycles. The van der Waals surface area contributed by atoms with Crippen LogP contribution in [0.3, 0.4) is 0 Å². The van der Waals surface area contributed by atoms with Gasteiger partial charge >= 0.3 is 0 Å². The molecule has 0 saturated carbocycles. The molecule has 1 atom stereocenters. The molecule has 0 aliphatic heterocycles. The van der Waals surface area contributed by atoms with Crippen LogP contribution in [0, 0.1) is 0 Å². The molecule has 0 spiro atoms. The van der Waals surface area contributed by atoms with E-state index in [2.05, 4.69) is 17.1 Å². The van der Waals surface area contributed by atoms with Crippen molar-refractivity contribution in [2.24, 2.45) is 0 Å². The first-order valence-electron chi connectivity index (χ1n) is 6.85. The van der Waals surface area contributed by atoms with E-state index in [4.69, 9.17) is 25.6 Å². The Balaban J connectivity index is 2.11. The Bertz CT molecular complexity index is 586. The highest BCUT2D eigenvalue weighted by Crippen LogP contribution is 2.29. The first-order chi connectivity index (χ1) is 10.2. The van der Waals surface area contributed by atoms with Crippen LogP contribution < -0.4 is 9.47 Å². The molecule has 1 aromatic heterocycles. The summed E-state index contributed by atoms with van der Waals surface area (Å²) in [6.07, 6.45) is 2.34. The fourth-order valence-corrected chi connectivity index (χ4v) is 2.32. The second kappa shape index (κ2) is 7.31. The molecule has 0 saturated heterocycles. The number of alkyl halides is 1. The Labute approximate surface area is 129 Å². The first-order valence-corrected chi connectivity index (χ1v) is 7.29. The topological polar surface area (TPSA) is 57.4 Å². The summed E-state index contributed by atoms with van der Waals surface area (Å²) >= 11 is 6.19. The number of methoxy groups -OCH3 is 2. The summed E-state index contributed by atoms with van der Waals surface area (Å²) in [6.45, 7) is 2.07. The van der Waals surface area contributed by atoms with E-state index in [1.54, 1.807) is 14.2 Å². The highest BCUT2D eigenvalue weighted by atomic mass is 35.5. The van der Waals surface area contributed by atoms with E-state index < -0.39 is 0 Å². The lowest BCUT2D eigenvalue weighted by Gasteiger charge is -2.08. The number of hydrogen-bond donors (Lipinski definition) is 0. The Kier molecular flexibility index (Phi) is 5.44. The van der Waals surface area contributed by atoms with Gasteiger partial charge in [-0.1, -0.05) is 24.6 Å². The van der Waals surface area contributed by atoms with Gasteiger partial charge in [0.15, 0.2) is 17.3 Å². The molecule has 1 unspecified atom stereocenters. The zero-order valence-corrected chi connectivity index (χ0v) is 13.2. The lowest BCUT2D eigenvalue weighted by Crippen LogP contribution is -1.95. The van der Waals surface area contributed by atoms with E-state index in [0.29, 0.717) is 29.6 Å². The maximum Gasteiger partial charge on any atom is 0.231 e. The average molecular weight is 311 g/mol. The van der Waals surface area contributed by atoms with Crippen molar-refractivity contribution >= 4 is 11.6 Å². The fraction of sp³-hybridized carbons (Fsp3) is 0.467. The number of rotatable bonds is 7. The van der Waals surface area contributed by atoms with E-state index in [1.165, 1.54) is 0 Å². The van der Waals surface area contributed by atoms with Crippen LogP contribution in [-0.2, 0) is 6.42 Å². The van der Waals surface area contributed by atoms with Crippen LogP contribution in [0.4, 0.5) is 0 Å². The third-order valence-electron chi connectivity index (χ3n) is 3.11. The predicted octanol–water partition coefficient (Wildman–Crippen LogP) is 3.76. The van der Waals surface area contributed by atoms with Crippen molar-refractivity contribution < 1.29 is 14.0 Å². The number of aromatic nitrogens is 2. The highest BCUT2D eigenvalue weighted by Gasteiger charge is 2.15. The van der Waals surface area contributed by atoms with Crippen LogP contribution in [0.1, 0.15) is 42.4 Å². The molecule has 5 nitrogen and oxygen atoms in total. The zero-order chi connectivity index (χ0) is 15.2. The normalized spacial score (nSPS) is 12.2. The van der Waals surface area contributed by atoms with E-state index in [1.807, 2.05) is 18.2 Å². The molecular formula is C15H19ClN2O3. The standard InChI is InChI=1S/C15H19ClN2O3/c1-4-5-11(16)15-17-14(21-18-15)9-10-6-7-12(19-2)13(8-10)20-3/h6-8,11H,4-5,9H2,1-3H3. The summed E-state index contributed by atoms with van der Waals surface area (Å²) in [7, 11) is 3.21. The Morgan fingerprint density at radius 2 is 2.00 bits per heavy atom. The summed E-state index contributed by atoms with van der Waals surface area (Å²) < 4.78 is 15.7. The van der Waals surface area contributed by atoms with Gasteiger partial charge in [-0.15, -0.1) is 11.6 Å². The second-order valence-corrected chi connectivity index (χ2v) is 5.20. The first kappa shape index (κ1) is 15.6. The lowest BCUT2D eigenvalue weighted by atomic mass is 10.1. The van der Waals surface area contributed by atoms with Crippen molar-refractivity contribution in [1.82, 2.24) is 10.1 Å². The van der Waals surface area contributed by atoms with Gasteiger partial charge < -0.3 is 14.0 Å². The van der Waals surface area contributed by atoms with Gasteiger partial charge in [0.25, 0.3) is 0 Å². The van der Waals surface area contributed by atoms with Crippen molar-refractivity contribution in [2.45, 2.75) is 31.6 Å². The minimum absolute atomic E-state index is 0.196. The van der Waals surface area contributed by atoms with Crippen molar-refractivity contribution in [3.8, 4) is 11.5 Å². The van der Waals surface area contributed by atoms with Gasteiger partial charge in [0, 0.05) is 0 Å². The third kappa shape index (κ3) is 3.88. The largest absolute Gasteiger partial charge is 0.493 e. The number of hydrogen-bond acceptors (Lipinski definition) is 5. The maximum atomic E-state index is 6.19. The van der Waals surface area contributed by atoms with Gasteiger partial charge in [0.1, 0.15) is 0 Å². The molecule has 21 heavy (non-hydrogen) atoms. The highest BCUT2D eigenvalue weighted by molar-refractivity contribution is 6.20. The number of halogens is 1. The molecule has 0 aliphatic rings. The lowest BCUT2D eigenvalue weighted by molar-refractivity contribution is 0.354. The van der Waals surface area contributed by atoms with Crippen LogP contribution in [0.5, 0.6) is 11.5 Å². The smallest absolute Gasteiger partial charge is 0.231 e. The van der Waals surface area contributed by atoms with Crippen molar-refractivity contribution in [3.63, 3.8) is 0 Å². The van der Waals surface area contributed by atoms with Crippen LogP contribution in [0.2, 0.25) is 0 Å². The third-order valence-corrected chi connectivity index (χ3v) is 3.52. The second-order valence-electron chi connectivity index (χ2n) is 4.67. The Morgan fingerprint density at radius 3 is 2.67 bits per heavy atom. The minimum Gasteiger partial charge on any atom is -0.493 e. The van der Waals surface area contributed by atoms with Crippen molar-refractivity contribution in [2.75, 3.05) is 14.2 Å².